The SMILES string of the molecule is Cc1cc(Br)cnc1-n1c(C)cc(C(=O)CCl)c1C. The van der Waals surface area contributed by atoms with Gasteiger partial charge in [0.2, 0.25) is 0 Å². The molecule has 19 heavy (non-hydrogen) atoms. The van der Waals surface area contributed by atoms with E-state index in [1.54, 1.807) is 6.20 Å². The van der Waals surface area contributed by atoms with E-state index >= 15 is 0 Å². The minimum atomic E-state index is -0.0595. The molecule has 100 valence electrons. The lowest BCUT2D eigenvalue weighted by molar-refractivity contribution is 0.102. The zero-order valence-electron chi connectivity index (χ0n) is 11.0. The van der Waals surface area contributed by atoms with Crippen LogP contribution in [0.5, 0.6) is 0 Å². The van der Waals surface area contributed by atoms with Crippen molar-refractivity contribution in [3.63, 3.8) is 0 Å². The number of ketones is 1. The molecule has 5 heteroatoms. The summed E-state index contributed by atoms with van der Waals surface area (Å²) < 4.78 is 2.93. The Labute approximate surface area is 125 Å². The van der Waals surface area contributed by atoms with E-state index in [1.807, 2.05) is 37.5 Å². The second kappa shape index (κ2) is 5.47. The monoisotopic (exact) mass is 340 g/mol. The van der Waals surface area contributed by atoms with Gasteiger partial charge in [-0.2, -0.15) is 0 Å². The smallest absolute Gasteiger partial charge is 0.179 e. The number of hydrogen-bond donors (Lipinski definition) is 0. The summed E-state index contributed by atoms with van der Waals surface area (Å²) in [7, 11) is 0. The van der Waals surface area contributed by atoms with Gasteiger partial charge in [-0.25, -0.2) is 4.98 Å². The van der Waals surface area contributed by atoms with Gasteiger partial charge >= 0.3 is 0 Å². The Kier molecular flexibility index (Phi) is 4.11. The number of nitrogens with zero attached hydrogens (tertiary/aromatic N) is 2. The highest BCUT2D eigenvalue weighted by Gasteiger charge is 2.17. The first-order valence-electron chi connectivity index (χ1n) is 5.86. The maximum absolute atomic E-state index is 11.8. The van der Waals surface area contributed by atoms with E-state index in [-0.39, 0.29) is 11.7 Å². The van der Waals surface area contributed by atoms with Crippen LogP contribution in [0.4, 0.5) is 0 Å². The van der Waals surface area contributed by atoms with Crippen molar-refractivity contribution in [1.29, 1.82) is 0 Å². The van der Waals surface area contributed by atoms with Gasteiger partial charge in [0.05, 0.1) is 5.88 Å². The molecule has 0 aromatic carbocycles. The molecule has 2 rings (SSSR count). The highest BCUT2D eigenvalue weighted by atomic mass is 79.9. The molecule has 0 aliphatic rings. The summed E-state index contributed by atoms with van der Waals surface area (Å²) in [5, 5.41) is 0. The van der Waals surface area contributed by atoms with Gasteiger partial charge in [-0.15, -0.1) is 11.6 Å². The van der Waals surface area contributed by atoms with Crippen LogP contribution in [-0.4, -0.2) is 21.2 Å². The lowest BCUT2D eigenvalue weighted by Crippen LogP contribution is -2.07. The molecule has 0 N–H and O–H groups in total. The quantitative estimate of drug-likeness (QED) is 0.625. The van der Waals surface area contributed by atoms with Gasteiger partial charge in [0.15, 0.2) is 5.78 Å². The minimum Gasteiger partial charge on any atom is -0.302 e. The van der Waals surface area contributed by atoms with E-state index in [0.717, 1.165) is 27.2 Å². The number of aromatic nitrogens is 2. The average molecular weight is 342 g/mol. The molecule has 0 saturated heterocycles. The summed E-state index contributed by atoms with van der Waals surface area (Å²) in [5.74, 6) is 0.777. The molecule has 0 spiro atoms. The van der Waals surface area contributed by atoms with E-state index in [4.69, 9.17) is 11.6 Å². The Morgan fingerprint density at radius 1 is 1.37 bits per heavy atom. The lowest BCUT2D eigenvalue weighted by atomic mass is 10.2. The van der Waals surface area contributed by atoms with Crippen LogP contribution in [0.1, 0.15) is 27.3 Å². The first kappa shape index (κ1) is 14.3. The third kappa shape index (κ3) is 2.60. The van der Waals surface area contributed by atoms with Crippen LogP contribution >= 0.6 is 27.5 Å². The molecule has 0 saturated carbocycles. The summed E-state index contributed by atoms with van der Waals surface area (Å²) in [6.45, 7) is 5.87. The van der Waals surface area contributed by atoms with Crippen LogP contribution in [-0.2, 0) is 0 Å². The van der Waals surface area contributed by atoms with Crippen molar-refractivity contribution >= 4 is 33.3 Å². The molecule has 0 fully saturated rings. The molecule has 3 nitrogen and oxygen atoms in total. The van der Waals surface area contributed by atoms with Gasteiger partial charge in [-0.05, 0) is 54.4 Å². The van der Waals surface area contributed by atoms with Gasteiger partial charge in [0.1, 0.15) is 5.82 Å². The Hall–Kier alpha value is -1.13. The van der Waals surface area contributed by atoms with Crippen molar-refractivity contribution in [1.82, 2.24) is 9.55 Å². The van der Waals surface area contributed by atoms with Crippen molar-refractivity contribution in [3.05, 3.63) is 45.3 Å². The number of carbonyl (C=O) groups excluding carboxylic acids is 1. The van der Waals surface area contributed by atoms with Crippen LogP contribution in [0.3, 0.4) is 0 Å². The number of carbonyl (C=O) groups is 1. The average Bonchev–Trinajstić information content (AvgIpc) is 2.65. The number of alkyl halides is 1. The fourth-order valence-corrected chi connectivity index (χ4v) is 2.80. The summed E-state index contributed by atoms with van der Waals surface area (Å²) in [6.07, 6.45) is 1.75. The lowest BCUT2D eigenvalue weighted by Gasteiger charge is -2.11. The molecule has 0 atom stereocenters. The van der Waals surface area contributed by atoms with E-state index < -0.39 is 0 Å². The van der Waals surface area contributed by atoms with E-state index in [0.29, 0.717) is 5.56 Å². The third-order valence-electron chi connectivity index (χ3n) is 3.08. The molecule has 2 aromatic rings. The maximum atomic E-state index is 11.8. The maximum Gasteiger partial charge on any atom is 0.179 e. The Balaban J connectivity index is 2.63. The molecule has 2 heterocycles. The largest absolute Gasteiger partial charge is 0.302 e. The zero-order valence-corrected chi connectivity index (χ0v) is 13.3. The van der Waals surface area contributed by atoms with E-state index in [1.165, 1.54) is 0 Å². The fraction of sp³-hybridized carbons (Fsp3) is 0.286. The summed E-state index contributed by atoms with van der Waals surface area (Å²) >= 11 is 9.04. The van der Waals surface area contributed by atoms with Crippen LogP contribution in [0.15, 0.2) is 22.8 Å². The van der Waals surface area contributed by atoms with Crippen LogP contribution in [0.2, 0.25) is 0 Å². The van der Waals surface area contributed by atoms with Crippen molar-refractivity contribution in [2.24, 2.45) is 0 Å². The molecule has 0 aliphatic carbocycles. The van der Waals surface area contributed by atoms with Crippen LogP contribution in [0, 0.1) is 20.8 Å². The summed E-state index contributed by atoms with van der Waals surface area (Å²) in [6, 6.07) is 3.87. The molecular weight excluding hydrogens is 328 g/mol. The predicted octanol–water partition coefficient (Wildman–Crippen LogP) is 3.98. The van der Waals surface area contributed by atoms with Crippen molar-refractivity contribution < 1.29 is 4.79 Å². The summed E-state index contributed by atoms with van der Waals surface area (Å²) in [4.78, 5) is 16.2. The van der Waals surface area contributed by atoms with Gasteiger partial charge in [-0.1, -0.05) is 0 Å². The molecule has 2 aromatic heterocycles. The van der Waals surface area contributed by atoms with Gasteiger partial charge < -0.3 is 4.57 Å². The third-order valence-corrected chi connectivity index (χ3v) is 3.76. The highest BCUT2D eigenvalue weighted by Crippen LogP contribution is 2.23. The summed E-state index contributed by atoms with van der Waals surface area (Å²) in [5.41, 5.74) is 3.56. The van der Waals surface area contributed by atoms with Crippen molar-refractivity contribution in [2.45, 2.75) is 20.8 Å². The normalized spacial score (nSPS) is 10.8. The molecule has 0 unspecified atom stereocenters. The van der Waals surface area contributed by atoms with Crippen LogP contribution in [0.25, 0.3) is 5.82 Å². The second-order valence-corrected chi connectivity index (χ2v) is 5.65. The number of aryl methyl sites for hydroxylation is 2. The number of hydrogen-bond acceptors (Lipinski definition) is 2. The molecule has 0 bridgehead atoms. The standard InChI is InChI=1S/C14H14BrClN2O/c1-8-4-11(15)7-17-14(8)18-9(2)5-12(10(18)3)13(19)6-16/h4-5,7H,6H2,1-3H3. The number of rotatable bonds is 3. The van der Waals surface area contributed by atoms with E-state index in [2.05, 4.69) is 20.9 Å². The Bertz CT molecular complexity index is 649. The van der Waals surface area contributed by atoms with Crippen molar-refractivity contribution in [3.8, 4) is 5.82 Å². The zero-order chi connectivity index (χ0) is 14.2. The number of halogens is 2. The van der Waals surface area contributed by atoms with Gasteiger partial charge in [0.25, 0.3) is 0 Å². The molecule has 0 aliphatic heterocycles. The van der Waals surface area contributed by atoms with E-state index in [9.17, 15) is 4.79 Å². The Morgan fingerprint density at radius 3 is 2.63 bits per heavy atom. The number of pyridine rings is 1. The fourth-order valence-electron chi connectivity index (χ4n) is 2.21. The Morgan fingerprint density at radius 2 is 2.05 bits per heavy atom. The number of Topliss-reactive ketones (excluding diaryl/α,β-unsaturated/α-hetero) is 1. The highest BCUT2D eigenvalue weighted by molar-refractivity contribution is 9.10. The van der Waals surface area contributed by atoms with Crippen LogP contribution < -0.4 is 0 Å². The van der Waals surface area contributed by atoms with Crippen molar-refractivity contribution in [2.75, 3.05) is 5.88 Å². The first-order chi connectivity index (χ1) is 8.95. The molecule has 0 amide bonds. The topological polar surface area (TPSA) is 34.9 Å². The molecular formula is C14H14BrClN2O. The predicted molar refractivity (Wildman–Crippen MR) is 80.5 cm³/mol. The molecule has 0 radical (unpaired) electrons. The van der Waals surface area contributed by atoms with Gasteiger partial charge in [-0.3, -0.25) is 4.79 Å². The second-order valence-electron chi connectivity index (χ2n) is 4.47. The van der Waals surface area contributed by atoms with Gasteiger partial charge in [0, 0.05) is 27.6 Å². The first-order valence-corrected chi connectivity index (χ1v) is 7.19. The minimum absolute atomic E-state index is 0.00293.